The summed E-state index contributed by atoms with van der Waals surface area (Å²) >= 11 is 0. The number of carbonyl (C=O) groups excluding carboxylic acids is 1. The molecule has 4 aromatic rings. The molecule has 6 heteroatoms. The zero-order valence-electron chi connectivity index (χ0n) is 19.4. The molecule has 34 heavy (non-hydrogen) atoms. The number of methoxy groups -OCH3 is 1. The van der Waals surface area contributed by atoms with Crippen molar-refractivity contribution in [1.82, 2.24) is 0 Å². The predicted molar refractivity (Wildman–Crippen MR) is 131 cm³/mol. The van der Waals surface area contributed by atoms with Crippen molar-refractivity contribution >= 4 is 22.6 Å². The van der Waals surface area contributed by atoms with E-state index in [0.717, 1.165) is 39.1 Å². The molecular formula is C28H25NO5. The van der Waals surface area contributed by atoms with Crippen LogP contribution in [0.5, 0.6) is 5.75 Å². The molecule has 0 spiro atoms. The van der Waals surface area contributed by atoms with Crippen molar-refractivity contribution in [3.8, 4) is 5.75 Å². The first-order valence-corrected chi connectivity index (χ1v) is 11.1. The number of aryl methyl sites for hydroxylation is 2. The topological polar surface area (TPSA) is 69.0 Å². The van der Waals surface area contributed by atoms with Gasteiger partial charge in [0.25, 0.3) is 0 Å². The number of carbonyl (C=O) groups is 1. The summed E-state index contributed by atoms with van der Waals surface area (Å²) in [7, 11) is 1.37. The smallest absolute Gasteiger partial charge is 0.340 e. The monoisotopic (exact) mass is 455 g/mol. The van der Waals surface area contributed by atoms with Gasteiger partial charge in [0.2, 0.25) is 0 Å². The van der Waals surface area contributed by atoms with Gasteiger partial charge in [-0.1, -0.05) is 30.3 Å². The maximum atomic E-state index is 12.9. The van der Waals surface area contributed by atoms with Gasteiger partial charge in [-0.2, -0.15) is 0 Å². The van der Waals surface area contributed by atoms with Crippen LogP contribution in [0.25, 0.3) is 11.0 Å². The minimum absolute atomic E-state index is 0.306. The van der Waals surface area contributed by atoms with Gasteiger partial charge in [-0.3, -0.25) is 0 Å². The molecule has 5 rings (SSSR count). The first-order valence-electron chi connectivity index (χ1n) is 11.1. The Morgan fingerprint density at radius 2 is 1.76 bits per heavy atom. The molecule has 0 amide bonds. The largest absolute Gasteiger partial charge is 0.472 e. The van der Waals surface area contributed by atoms with E-state index in [1.165, 1.54) is 7.11 Å². The van der Waals surface area contributed by atoms with Crippen molar-refractivity contribution < 1.29 is 18.7 Å². The highest BCUT2D eigenvalue weighted by molar-refractivity contribution is 5.90. The average molecular weight is 456 g/mol. The lowest BCUT2D eigenvalue weighted by molar-refractivity contribution is 0.0600. The molecule has 0 aliphatic carbocycles. The lowest BCUT2D eigenvalue weighted by atomic mass is 9.96. The van der Waals surface area contributed by atoms with E-state index >= 15 is 0 Å². The molecule has 0 unspecified atom stereocenters. The molecule has 0 saturated carbocycles. The van der Waals surface area contributed by atoms with Crippen molar-refractivity contribution in [3.63, 3.8) is 0 Å². The molecule has 172 valence electrons. The number of esters is 1. The highest BCUT2D eigenvalue weighted by Crippen LogP contribution is 2.37. The summed E-state index contributed by atoms with van der Waals surface area (Å²) in [5, 5.41) is 0.924. The molecule has 6 nitrogen and oxygen atoms in total. The van der Waals surface area contributed by atoms with Crippen molar-refractivity contribution in [2.45, 2.75) is 26.8 Å². The van der Waals surface area contributed by atoms with Crippen molar-refractivity contribution in [1.29, 1.82) is 0 Å². The molecule has 0 radical (unpaired) electrons. The summed E-state index contributed by atoms with van der Waals surface area (Å²) in [5.74, 6) is 0.394. The van der Waals surface area contributed by atoms with Crippen LogP contribution in [0.1, 0.15) is 38.2 Å². The van der Waals surface area contributed by atoms with Crippen molar-refractivity contribution in [2.24, 2.45) is 0 Å². The summed E-state index contributed by atoms with van der Waals surface area (Å²) in [6, 6.07) is 19.3. The molecule has 1 aliphatic rings. The lowest BCUT2D eigenvalue weighted by Gasteiger charge is -2.32. The van der Waals surface area contributed by atoms with Gasteiger partial charge in [0.15, 0.2) is 6.73 Å². The van der Waals surface area contributed by atoms with Gasteiger partial charge in [-0.05, 0) is 55.3 Å². The van der Waals surface area contributed by atoms with Crippen LogP contribution in [-0.4, -0.2) is 19.8 Å². The maximum Gasteiger partial charge on any atom is 0.340 e. The van der Waals surface area contributed by atoms with E-state index in [2.05, 4.69) is 11.0 Å². The third kappa shape index (κ3) is 3.81. The number of rotatable bonds is 4. The Hall–Kier alpha value is -4.06. The Morgan fingerprint density at radius 1 is 1.03 bits per heavy atom. The highest BCUT2D eigenvalue weighted by atomic mass is 16.5. The van der Waals surface area contributed by atoms with Gasteiger partial charge in [-0.25, -0.2) is 9.59 Å². The molecule has 1 aliphatic heterocycles. The molecule has 0 fully saturated rings. The Labute approximate surface area is 197 Å². The Morgan fingerprint density at radius 3 is 2.47 bits per heavy atom. The van der Waals surface area contributed by atoms with E-state index in [4.69, 9.17) is 13.9 Å². The summed E-state index contributed by atoms with van der Waals surface area (Å²) in [6.45, 7) is 4.90. The van der Waals surface area contributed by atoms with E-state index in [1.807, 2.05) is 56.3 Å². The number of fused-ring (bicyclic) bond motifs is 2. The second-order valence-corrected chi connectivity index (χ2v) is 8.53. The second-order valence-electron chi connectivity index (χ2n) is 8.53. The Kier molecular flexibility index (Phi) is 5.57. The molecule has 2 heterocycles. The average Bonchev–Trinajstić information content (AvgIpc) is 2.87. The number of nitrogens with zero attached hydrogens (tertiary/aromatic N) is 1. The fraction of sp³-hybridized carbons (Fsp3) is 0.214. The van der Waals surface area contributed by atoms with Crippen LogP contribution >= 0.6 is 0 Å². The van der Waals surface area contributed by atoms with E-state index in [9.17, 15) is 9.59 Å². The van der Waals surface area contributed by atoms with Gasteiger partial charge in [-0.15, -0.1) is 0 Å². The van der Waals surface area contributed by atoms with Gasteiger partial charge in [0.1, 0.15) is 11.3 Å². The zero-order chi connectivity index (χ0) is 23.8. The van der Waals surface area contributed by atoms with Crippen molar-refractivity contribution in [2.75, 3.05) is 18.7 Å². The van der Waals surface area contributed by atoms with E-state index in [0.29, 0.717) is 36.4 Å². The SMILES string of the molecule is COC(=O)c1ccc(N2COc3c(cc4c(C)c(Cc5ccccc5)c(=O)oc4c3C)C2)cc1. The van der Waals surface area contributed by atoms with Crippen LogP contribution < -0.4 is 15.3 Å². The normalized spacial score (nSPS) is 12.9. The van der Waals surface area contributed by atoms with E-state index in [-0.39, 0.29) is 11.6 Å². The summed E-state index contributed by atoms with van der Waals surface area (Å²) in [5.41, 5.74) is 6.24. The molecule has 0 bridgehead atoms. The van der Waals surface area contributed by atoms with Crippen LogP contribution in [-0.2, 0) is 17.7 Å². The van der Waals surface area contributed by atoms with Gasteiger partial charge in [0.05, 0.1) is 12.7 Å². The summed E-state index contributed by atoms with van der Waals surface area (Å²) in [4.78, 5) is 26.7. The van der Waals surface area contributed by atoms with Crippen LogP contribution in [0.4, 0.5) is 5.69 Å². The third-order valence-corrected chi connectivity index (χ3v) is 6.44. The summed E-state index contributed by atoms with van der Waals surface area (Å²) < 4.78 is 16.7. The predicted octanol–water partition coefficient (Wildman–Crippen LogP) is 5.14. The quantitative estimate of drug-likeness (QED) is 0.313. The van der Waals surface area contributed by atoms with Crippen LogP contribution in [0.15, 0.2) is 69.9 Å². The Balaban J connectivity index is 1.52. The van der Waals surface area contributed by atoms with Gasteiger partial charge < -0.3 is 18.8 Å². The molecule has 1 aromatic heterocycles. The minimum atomic E-state index is -0.364. The molecule has 0 N–H and O–H groups in total. The lowest BCUT2D eigenvalue weighted by Crippen LogP contribution is -2.32. The third-order valence-electron chi connectivity index (χ3n) is 6.44. The first kappa shape index (κ1) is 21.8. The number of hydrogen-bond donors (Lipinski definition) is 0. The highest BCUT2D eigenvalue weighted by Gasteiger charge is 2.24. The Bertz CT molecular complexity index is 1440. The number of anilines is 1. The first-order chi connectivity index (χ1) is 16.5. The molecule has 0 atom stereocenters. The fourth-order valence-corrected chi connectivity index (χ4v) is 4.54. The van der Waals surface area contributed by atoms with Crippen LogP contribution in [0.2, 0.25) is 0 Å². The van der Waals surface area contributed by atoms with Gasteiger partial charge >= 0.3 is 11.6 Å². The van der Waals surface area contributed by atoms with Crippen LogP contribution in [0, 0.1) is 13.8 Å². The fourth-order valence-electron chi connectivity index (χ4n) is 4.54. The molecular weight excluding hydrogens is 430 g/mol. The van der Waals surface area contributed by atoms with E-state index in [1.54, 1.807) is 12.1 Å². The zero-order valence-corrected chi connectivity index (χ0v) is 19.4. The number of ether oxygens (including phenoxy) is 2. The number of hydrogen-bond acceptors (Lipinski definition) is 6. The van der Waals surface area contributed by atoms with Gasteiger partial charge in [0, 0.05) is 40.7 Å². The van der Waals surface area contributed by atoms with Crippen molar-refractivity contribution in [3.05, 3.63) is 104 Å². The second kappa shape index (κ2) is 8.71. The molecule has 0 saturated heterocycles. The minimum Gasteiger partial charge on any atom is -0.472 e. The standard InChI is InChI=1S/C28H25NO5/c1-17-23-14-21-15-29(22-11-9-20(10-12-22)27(30)32-3)16-33-25(21)18(2)26(23)34-28(31)24(17)13-19-7-5-4-6-8-19/h4-12,14H,13,15-16H2,1-3H3. The number of benzene rings is 3. The maximum absolute atomic E-state index is 12.9. The van der Waals surface area contributed by atoms with E-state index < -0.39 is 0 Å². The summed E-state index contributed by atoms with van der Waals surface area (Å²) in [6.07, 6.45) is 0.524. The molecule has 3 aromatic carbocycles. The van der Waals surface area contributed by atoms with Crippen LogP contribution in [0.3, 0.4) is 0 Å².